The maximum Gasteiger partial charge on any atom is 0.137 e. The van der Waals surface area contributed by atoms with Crippen molar-refractivity contribution >= 4 is 17.8 Å². The molecular formula is C9H13NOS. The number of aromatic nitrogens is 1. The quantitative estimate of drug-likeness (QED) is 0.717. The van der Waals surface area contributed by atoms with E-state index in [0.717, 1.165) is 23.6 Å². The molecule has 12 heavy (non-hydrogen) atoms. The Morgan fingerprint density at radius 1 is 1.58 bits per heavy atom. The fourth-order valence-corrected chi connectivity index (χ4v) is 1.22. The summed E-state index contributed by atoms with van der Waals surface area (Å²) in [6.07, 6.45) is 2.87. The number of hydrogen-bond donors (Lipinski definition) is 0. The van der Waals surface area contributed by atoms with Crippen LogP contribution in [0, 0.1) is 0 Å². The summed E-state index contributed by atoms with van der Waals surface area (Å²) < 4.78 is 5.03. The molecule has 1 rings (SSSR count). The standard InChI is InChI=1S/C9H13NOS/c1-3-9-7-8(10-11-9)5-6-12-4-2/h5-7H,3-4H2,1-2H3. The van der Waals surface area contributed by atoms with Crippen LogP contribution in [0.3, 0.4) is 0 Å². The molecule has 0 saturated heterocycles. The second-order valence-corrected chi connectivity index (χ2v) is 3.51. The molecule has 1 aromatic heterocycles. The lowest BCUT2D eigenvalue weighted by molar-refractivity contribution is 0.385. The maximum atomic E-state index is 5.03. The highest BCUT2D eigenvalue weighted by Crippen LogP contribution is 2.09. The van der Waals surface area contributed by atoms with Crippen molar-refractivity contribution < 1.29 is 4.52 Å². The van der Waals surface area contributed by atoms with Gasteiger partial charge in [-0.25, -0.2) is 0 Å². The summed E-state index contributed by atoms with van der Waals surface area (Å²) in [7, 11) is 0. The van der Waals surface area contributed by atoms with Crippen molar-refractivity contribution in [1.29, 1.82) is 0 Å². The summed E-state index contributed by atoms with van der Waals surface area (Å²) in [4.78, 5) is 0. The fraction of sp³-hybridized carbons (Fsp3) is 0.444. The molecule has 0 aliphatic heterocycles. The Balaban J connectivity index is 2.51. The highest BCUT2D eigenvalue weighted by Gasteiger charge is 1.96. The first-order chi connectivity index (χ1) is 5.86. The Morgan fingerprint density at radius 3 is 3.00 bits per heavy atom. The molecule has 0 aromatic carbocycles. The van der Waals surface area contributed by atoms with Gasteiger partial charge in [-0.15, -0.1) is 11.8 Å². The molecular weight excluding hydrogens is 170 g/mol. The Bertz CT molecular complexity index is 255. The predicted molar refractivity (Wildman–Crippen MR) is 53.0 cm³/mol. The van der Waals surface area contributed by atoms with Crippen LogP contribution in [-0.4, -0.2) is 10.9 Å². The third-order valence-corrected chi connectivity index (χ3v) is 2.09. The average Bonchev–Trinajstić information content (AvgIpc) is 2.53. The van der Waals surface area contributed by atoms with Gasteiger partial charge in [0.1, 0.15) is 11.5 Å². The largest absolute Gasteiger partial charge is 0.361 e. The van der Waals surface area contributed by atoms with E-state index in [0.29, 0.717) is 0 Å². The van der Waals surface area contributed by atoms with Crippen LogP contribution in [0.2, 0.25) is 0 Å². The van der Waals surface area contributed by atoms with Crippen LogP contribution in [0.25, 0.3) is 6.08 Å². The zero-order valence-electron chi connectivity index (χ0n) is 7.41. The van der Waals surface area contributed by atoms with E-state index in [-0.39, 0.29) is 0 Å². The molecule has 1 aromatic rings. The van der Waals surface area contributed by atoms with E-state index in [1.54, 1.807) is 11.8 Å². The second kappa shape index (κ2) is 5.04. The first-order valence-electron chi connectivity index (χ1n) is 4.10. The van der Waals surface area contributed by atoms with Gasteiger partial charge in [-0.1, -0.05) is 19.0 Å². The maximum absolute atomic E-state index is 5.03. The lowest BCUT2D eigenvalue weighted by Gasteiger charge is -1.81. The average molecular weight is 183 g/mol. The lowest BCUT2D eigenvalue weighted by Crippen LogP contribution is -1.68. The van der Waals surface area contributed by atoms with Gasteiger partial charge in [-0.05, 0) is 17.2 Å². The Morgan fingerprint density at radius 2 is 2.42 bits per heavy atom. The number of thioether (sulfide) groups is 1. The Hall–Kier alpha value is -0.700. The molecule has 0 unspecified atom stereocenters. The Labute approximate surface area is 77.0 Å². The summed E-state index contributed by atoms with van der Waals surface area (Å²) in [5.41, 5.74) is 0.910. The minimum atomic E-state index is 0.905. The molecule has 1 heterocycles. The molecule has 0 spiro atoms. The molecule has 0 radical (unpaired) electrons. The molecule has 0 saturated carbocycles. The second-order valence-electron chi connectivity index (χ2n) is 2.33. The first kappa shape index (κ1) is 9.39. The van der Waals surface area contributed by atoms with Crippen LogP contribution in [0.1, 0.15) is 25.3 Å². The smallest absolute Gasteiger partial charge is 0.137 e. The highest BCUT2D eigenvalue weighted by atomic mass is 32.2. The number of hydrogen-bond acceptors (Lipinski definition) is 3. The van der Waals surface area contributed by atoms with E-state index in [4.69, 9.17) is 4.52 Å². The first-order valence-corrected chi connectivity index (χ1v) is 5.15. The molecule has 2 nitrogen and oxygen atoms in total. The van der Waals surface area contributed by atoms with Crippen molar-refractivity contribution in [3.8, 4) is 0 Å². The van der Waals surface area contributed by atoms with Crippen molar-refractivity contribution in [3.05, 3.63) is 22.9 Å². The van der Waals surface area contributed by atoms with E-state index < -0.39 is 0 Å². The SMILES string of the molecule is CCSC=Cc1cc(CC)on1. The summed E-state index contributed by atoms with van der Waals surface area (Å²) in [5.74, 6) is 2.03. The van der Waals surface area contributed by atoms with E-state index in [1.165, 1.54) is 0 Å². The van der Waals surface area contributed by atoms with Gasteiger partial charge in [0.15, 0.2) is 0 Å². The van der Waals surface area contributed by atoms with Crippen LogP contribution in [0.4, 0.5) is 0 Å². The van der Waals surface area contributed by atoms with Gasteiger partial charge in [-0.2, -0.15) is 0 Å². The number of aryl methyl sites for hydroxylation is 1. The van der Waals surface area contributed by atoms with Crippen molar-refractivity contribution in [2.75, 3.05) is 5.75 Å². The predicted octanol–water partition coefficient (Wildman–Crippen LogP) is 2.96. The lowest BCUT2D eigenvalue weighted by atomic mass is 10.3. The van der Waals surface area contributed by atoms with Gasteiger partial charge in [0.2, 0.25) is 0 Å². The molecule has 0 N–H and O–H groups in total. The van der Waals surface area contributed by atoms with Gasteiger partial charge >= 0.3 is 0 Å². The monoisotopic (exact) mass is 183 g/mol. The number of rotatable bonds is 4. The van der Waals surface area contributed by atoms with Gasteiger partial charge in [0.05, 0.1) is 0 Å². The van der Waals surface area contributed by atoms with Crippen molar-refractivity contribution in [2.45, 2.75) is 20.3 Å². The van der Waals surface area contributed by atoms with E-state index >= 15 is 0 Å². The van der Waals surface area contributed by atoms with Gasteiger partial charge in [0.25, 0.3) is 0 Å². The molecule has 0 amide bonds. The van der Waals surface area contributed by atoms with Crippen LogP contribution in [0.15, 0.2) is 16.0 Å². The van der Waals surface area contributed by atoms with Gasteiger partial charge in [0, 0.05) is 12.5 Å². The summed E-state index contributed by atoms with van der Waals surface area (Å²) in [5, 5.41) is 5.92. The minimum absolute atomic E-state index is 0.905. The summed E-state index contributed by atoms with van der Waals surface area (Å²) >= 11 is 1.76. The van der Waals surface area contributed by atoms with Crippen molar-refractivity contribution in [2.24, 2.45) is 0 Å². The molecule has 66 valence electrons. The Kier molecular flexibility index (Phi) is 3.94. The third kappa shape index (κ3) is 2.74. The third-order valence-electron chi connectivity index (χ3n) is 1.43. The normalized spacial score (nSPS) is 11.2. The molecule has 0 aliphatic carbocycles. The van der Waals surface area contributed by atoms with Crippen LogP contribution >= 0.6 is 11.8 Å². The van der Waals surface area contributed by atoms with Crippen LogP contribution in [-0.2, 0) is 6.42 Å². The van der Waals surface area contributed by atoms with E-state index in [1.807, 2.05) is 17.6 Å². The van der Waals surface area contributed by atoms with Crippen LogP contribution < -0.4 is 0 Å². The van der Waals surface area contributed by atoms with Crippen molar-refractivity contribution in [1.82, 2.24) is 5.16 Å². The molecule has 0 atom stereocenters. The zero-order valence-corrected chi connectivity index (χ0v) is 8.23. The van der Waals surface area contributed by atoms with Gasteiger partial charge in [-0.3, -0.25) is 0 Å². The van der Waals surface area contributed by atoms with Gasteiger partial charge < -0.3 is 4.52 Å². The molecule has 0 fully saturated rings. The zero-order chi connectivity index (χ0) is 8.81. The number of nitrogens with zero attached hydrogens (tertiary/aromatic N) is 1. The van der Waals surface area contributed by atoms with E-state index in [9.17, 15) is 0 Å². The minimum Gasteiger partial charge on any atom is -0.361 e. The molecule has 0 aliphatic rings. The highest BCUT2D eigenvalue weighted by molar-refractivity contribution is 8.02. The summed E-state index contributed by atoms with van der Waals surface area (Å²) in [6, 6.07) is 1.96. The topological polar surface area (TPSA) is 26.0 Å². The fourth-order valence-electron chi connectivity index (χ4n) is 0.788. The van der Waals surface area contributed by atoms with Crippen molar-refractivity contribution in [3.63, 3.8) is 0 Å². The van der Waals surface area contributed by atoms with Crippen LogP contribution in [0.5, 0.6) is 0 Å². The van der Waals surface area contributed by atoms with E-state index in [2.05, 4.69) is 19.0 Å². The molecule has 0 bridgehead atoms. The summed E-state index contributed by atoms with van der Waals surface area (Å²) in [6.45, 7) is 4.17. The molecule has 3 heteroatoms.